The molecule has 3 aromatic rings. The van der Waals surface area contributed by atoms with Gasteiger partial charge in [-0.3, -0.25) is 9.78 Å². The highest BCUT2D eigenvalue weighted by atomic mass is 19.1. The molecule has 0 N–H and O–H groups in total. The van der Waals surface area contributed by atoms with Gasteiger partial charge in [0, 0.05) is 18.1 Å². The van der Waals surface area contributed by atoms with E-state index in [1.54, 1.807) is 36.5 Å². The van der Waals surface area contributed by atoms with Gasteiger partial charge in [-0.15, -0.1) is 0 Å². The number of methoxy groups -OCH3 is 1. The molecular formula is C21H19FN2O2. The molecule has 0 radical (unpaired) electrons. The molecule has 0 aliphatic carbocycles. The van der Waals surface area contributed by atoms with E-state index in [-0.39, 0.29) is 18.1 Å². The van der Waals surface area contributed by atoms with E-state index in [0.29, 0.717) is 12.2 Å². The van der Waals surface area contributed by atoms with Gasteiger partial charge in [0.05, 0.1) is 20.1 Å². The number of anilines is 1. The van der Waals surface area contributed by atoms with Gasteiger partial charge < -0.3 is 9.64 Å². The van der Waals surface area contributed by atoms with E-state index in [9.17, 15) is 9.18 Å². The predicted molar refractivity (Wildman–Crippen MR) is 98.5 cm³/mol. The summed E-state index contributed by atoms with van der Waals surface area (Å²) in [7, 11) is 1.60. The Morgan fingerprint density at radius 3 is 2.38 bits per heavy atom. The van der Waals surface area contributed by atoms with Crippen LogP contribution in [0.1, 0.15) is 11.1 Å². The van der Waals surface area contributed by atoms with E-state index in [4.69, 9.17) is 4.74 Å². The fraction of sp³-hybridized carbons (Fsp3) is 0.143. The summed E-state index contributed by atoms with van der Waals surface area (Å²) in [6, 6.07) is 17.0. The lowest BCUT2D eigenvalue weighted by Gasteiger charge is -2.23. The number of halogens is 1. The van der Waals surface area contributed by atoms with Crippen LogP contribution in [-0.4, -0.2) is 18.0 Å². The van der Waals surface area contributed by atoms with Gasteiger partial charge in [-0.25, -0.2) is 4.39 Å². The Labute approximate surface area is 151 Å². The van der Waals surface area contributed by atoms with Crippen molar-refractivity contribution in [3.8, 4) is 5.75 Å². The highest BCUT2D eigenvalue weighted by Gasteiger charge is 2.17. The molecule has 0 unspecified atom stereocenters. The van der Waals surface area contributed by atoms with Gasteiger partial charge in [0.15, 0.2) is 0 Å². The number of aromatic nitrogens is 1. The lowest BCUT2D eigenvalue weighted by Crippen LogP contribution is -2.31. The molecule has 132 valence electrons. The summed E-state index contributed by atoms with van der Waals surface area (Å²) in [5, 5.41) is 0. The van der Waals surface area contributed by atoms with Crippen LogP contribution in [0.25, 0.3) is 0 Å². The Balaban J connectivity index is 1.83. The number of carbonyl (C=O) groups excluding carboxylic acids is 1. The summed E-state index contributed by atoms with van der Waals surface area (Å²) < 4.78 is 18.4. The average Bonchev–Trinajstić information content (AvgIpc) is 2.68. The van der Waals surface area contributed by atoms with Crippen LogP contribution in [0.2, 0.25) is 0 Å². The van der Waals surface area contributed by atoms with Crippen molar-refractivity contribution in [1.29, 1.82) is 0 Å². The maximum absolute atomic E-state index is 13.3. The maximum Gasteiger partial charge on any atom is 0.231 e. The molecule has 0 aliphatic rings. The van der Waals surface area contributed by atoms with Gasteiger partial charge in [0.25, 0.3) is 0 Å². The number of ether oxygens (including phenoxy) is 1. The number of rotatable bonds is 6. The second-order valence-electron chi connectivity index (χ2n) is 5.84. The van der Waals surface area contributed by atoms with Crippen molar-refractivity contribution in [2.24, 2.45) is 0 Å². The minimum atomic E-state index is -0.335. The molecule has 5 heteroatoms. The first-order chi connectivity index (χ1) is 12.7. The van der Waals surface area contributed by atoms with Crippen molar-refractivity contribution in [2.75, 3.05) is 12.0 Å². The molecule has 0 saturated heterocycles. The molecule has 0 bridgehead atoms. The standard InChI is InChI=1S/C21H19FN2O2/c1-26-20-10-4-16(5-11-20)13-21(25)24(15-17-3-2-12-23-14-17)19-8-6-18(22)7-9-19/h2-12,14H,13,15H2,1H3. The number of pyridine rings is 1. The van der Waals surface area contributed by atoms with Gasteiger partial charge in [-0.05, 0) is 53.6 Å². The molecule has 3 rings (SSSR count). The third kappa shape index (κ3) is 4.45. The number of nitrogens with zero attached hydrogens (tertiary/aromatic N) is 2. The quantitative estimate of drug-likeness (QED) is 0.675. The summed E-state index contributed by atoms with van der Waals surface area (Å²) in [5.41, 5.74) is 2.43. The summed E-state index contributed by atoms with van der Waals surface area (Å²) >= 11 is 0. The van der Waals surface area contributed by atoms with Crippen LogP contribution in [0.5, 0.6) is 5.75 Å². The van der Waals surface area contributed by atoms with E-state index >= 15 is 0 Å². The van der Waals surface area contributed by atoms with Crippen molar-refractivity contribution in [3.63, 3.8) is 0 Å². The molecule has 0 saturated carbocycles. The normalized spacial score (nSPS) is 10.4. The van der Waals surface area contributed by atoms with E-state index in [0.717, 1.165) is 16.9 Å². The van der Waals surface area contributed by atoms with Crippen LogP contribution in [0, 0.1) is 5.82 Å². The van der Waals surface area contributed by atoms with Crippen LogP contribution >= 0.6 is 0 Å². The molecule has 1 amide bonds. The number of hydrogen-bond acceptors (Lipinski definition) is 3. The largest absolute Gasteiger partial charge is 0.497 e. The van der Waals surface area contributed by atoms with Crippen LogP contribution in [-0.2, 0) is 17.8 Å². The molecule has 4 nitrogen and oxygen atoms in total. The Kier molecular flexibility index (Phi) is 5.59. The Bertz CT molecular complexity index is 849. The van der Waals surface area contributed by atoms with Crippen molar-refractivity contribution in [3.05, 3.63) is 90.0 Å². The number of amides is 1. The van der Waals surface area contributed by atoms with Crippen LogP contribution in [0.4, 0.5) is 10.1 Å². The summed E-state index contributed by atoms with van der Waals surface area (Å²) in [5.74, 6) is 0.329. The van der Waals surface area contributed by atoms with Gasteiger partial charge >= 0.3 is 0 Å². The SMILES string of the molecule is COc1ccc(CC(=O)N(Cc2cccnc2)c2ccc(F)cc2)cc1. The fourth-order valence-corrected chi connectivity index (χ4v) is 2.63. The summed E-state index contributed by atoms with van der Waals surface area (Å²) in [6.45, 7) is 0.370. The van der Waals surface area contributed by atoms with Crippen LogP contribution in [0.3, 0.4) is 0 Å². The number of carbonyl (C=O) groups is 1. The molecule has 1 heterocycles. The Morgan fingerprint density at radius 2 is 1.77 bits per heavy atom. The first-order valence-electron chi connectivity index (χ1n) is 8.23. The van der Waals surface area contributed by atoms with Gasteiger partial charge in [-0.2, -0.15) is 0 Å². The minimum Gasteiger partial charge on any atom is -0.497 e. The summed E-state index contributed by atoms with van der Waals surface area (Å²) in [6.07, 6.45) is 3.64. The molecular weight excluding hydrogens is 331 g/mol. The van der Waals surface area contributed by atoms with E-state index in [1.165, 1.54) is 12.1 Å². The molecule has 0 atom stereocenters. The van der Waals surface area contributed by atoms with Crippen molar-refractivity contribution >= 4 is 11.6 Å². The van der Waals surface area contributed by atoms with Gasteiger partial charge in [0.1, 0.15) is 11.6 Å². The molecule has 0 fully saturated rings. The zero-order chi connectivity index (χ0) is 18.4. The third-order valence-electron chi connectivity index (χ3n) is 4.02. The highest BCUT2D eigenvalue weighted by Crippen LogP contribution is 2.20. The lowest BCUT2D eigenvalue weighted by molar-refractivity contribution is -0.118. The molecule has 2 aromatic carbocycles. The summed E-state index contributed by atoms with van der Waals surface area (Å²) in [4.78, 5) is 18.7. The van der Waals surface area contributed by atoms with Gasteiger partial charge in [-0.1, -0.05) is 18.2 Å². The second kappa shape index (κ2) is 8.25. The Morgan fingerprint density at radius 1 is 1.04 bits per heavy atom. The third-order valence-corrected chi connectivity index (χ3v) is 4.02. The predicted octanol–water partition coefficient (Wildman–Crippen LogP) is 4.01. The molecule has 0 aliphatic heterocycles. The first kappa shape index (κ1) is 17.6. The minimum absolute atomic E-state index is 0.0781. The van der Waals surface area contributed by atoms with Crippen molar-refractivity contribution in [1.82, 2.24) is 4.98 Å². The van der Waals surface area contributed by atoms with Gasteiger partial charge in [0.2, 0.25) is 5.91 Å². The number of benzene rings is 2. The number of hydrogen-bond donors (Lipinski definition) is 0. The van der Waals surface area contributed by atoms with E-state index in [2.05, 4.69) is 4.98 Å². The van der Waals surface area contributed by atoms with Crippen molar-refractivity contribution in [2.45, 2.75) is 13.0 Å². The first-order valence-corrected chi connectivity index (χ1v) is 8.23. The smallest absolute Gasteiger partial charge is 0.231 e. The highest BCUT2D eigenvalue weighted by molar-refractivity contribution is 5.94. The van der Waals surface area contributed by atoms with Crippen LogP contribution < -0.4 is 9.64 Å². The fourth-order valence-electron chi connectivity index (χ4n) is 2.63. The zero-order valence-electron chi connectivity index (χ0n) is 14.4. The topological polar surface area (TPSA) is 42.4 Å². The lowest BCUT2D eigenvalue weighted by atomic mass is 10.1. The Hall–Kier alpha value is -3.21. The second-order valence-corrected chi connectivity index (χ2v) is 5.84. The zero-order valence-corrected chi connectivity index (χ0v) is 14.4. The monoisotopic (exact) mass is 350 g/mol. The van der Waals surface area contributed by atoms with Crippen molar-refractivity contribution < 1.29 is 13.9 Å². The van der Waals surface area contributed by atoms with E-state index in [1.807, 2.05) is 36.4 Å². The van der Waals surface area contributed by atoms with E-state index < -0.39 is 0 Å². The average molecular weight is 350 g/mol. The molecule has 1 aromatic heterocycles. The molecule has 0 spiro atoms. The molecule has 26 heavy (non-hydrogen) atoms. The van der Waals surface area contributed by atoms with Crippen LogP contribution in [0.15, 0.2) is 73.1 Å². The maximum atomic E-state index is 13.3.